The van der Waals surface area contributed by atoms with E-state index in [4.69, 9.17) is 5.53 Å². The van der Waals surface area contributed by atoms with Gasteiger partial charge in [0, 0.05) is 8.48 Å². The van der Waals surface area contributed by atoms with Crippen molar-refractivity contribution in [2.45, 2.75) is 27.3 Å². The zero-order valence-corrected chi connectivity index (χ0v) is 12.3. The zero-order valence-electron chi connectivity index (χ0n) is 10.1. The Morgan fingerprint density at radius 1 is 1.17 bits per heavy atom. The number of hydrogen-bond acceptors (Lipinski definition) is 1. The van der Waals surface area contributed by atoms with Crippen LogP contribution in [0.25, 0.3) is 10.4 Å². The predicted octanol–water partition coefficient (Wildman–Crippen LogP) is 4.08. The molecule has 0 atom stereocenters. The first-order valence-corrected chi connectivity index (χ1v) is 6.28. The highest BCUT2D eigenvalue weighted by Crippen LogP contribution is 2.27. The van der Waals surface area contributed by atoms with Crippen molar-refractivity contribution in [2.75, 3.05) is 0 Å². The van der Waals surface area contributed by atoms with Crippen LogP contribution in [0, 0.1) is 24.3 Å². The van der Waals surface area contributed by atoms with Crippen LogP contribution in [0.15, 0.2) is 5.11 Å². The normalized spacial score (nSPS) is 11.3. The Labute approximate surface area is 117 Å². The van der Waals surface area contributed by atoms with Crippen molar-refractivity contribution < 1.29 is 12.9 Å². The van der Waals surface area contributed by atoms with E-state index in [1.54, 1.807) is 6.92 Å². The molecule has 0 amide bonds. The second-order valence-corrected chi connectivity index (χ2v) is 5.12. The van der Waals surface area contributed by atoms with Crippen LogP contribution in [-0.4, -0.2) is 6.98 Å². The third-order valence-corrected chi connectivity index (χ3v) is 4.61. The van der Waals surface area contributed by atoms with E-state index in [2.05, 4.69) is 10.0 Å². The van der Waals surface area contributed by atoms with E-state index in [0.29, 0.717) is 9.13 Å². The van der Waals surface area contributed by atoms with Gasteiger partial charge in [-0.3, -0.25) is 0 Å². The lowest BCUT2D eigenvalue weighted by molar-refractivity contribution is 0.500. The molecule has 0 aliphatic heterocycles. The summed E-state index contributed by atoms with van der Waals surface area (Å²) in [6.07, 6.45) is 0. The molecule has 98 valence electrons. The van der Waals surface area contributed by atoms with Crippen LogP contribution in [-0.2, 0) is 6.54 Å². The van der Waals surface area contributed by atoms with Crippen molar-refractivity contribution in [3.63, 3.8) is 0 Å². The predicted molar refractivity (Wildman–Crippen MR) is 74.9 cm³/mol. The lowest BCUT2D eigenvalue weighted by Gasteiger charge is -2.26. The molecule has 0 aromatic heterocycles. The van der Waals surface area contributed by atoms with E-state index < -0.39 is 12.4 Å². The Balaban J connectivity index is 3.64. The molecule has 18 heavy (non-hydrogen) atoms. The smallest absolute Gasteiger partial charge is 0.445 e. The van der Waals surface area contributed by atoms with E-state index in [1.807, 2.05) is 22.6 Å². The van der Waals surface area contributed by atoms with Crippen LogP contribution in [0.2, 0.25) is 0 Å². The third kappa shape index (κ3) is 2.75. The average molecular weight is 368 g/mol. The van der Waals surface area contributed by atoms with Gasteiger partial charge in [0.15, 0.2) is 0 Å². The molecular weight excluding hydrogens is 357 g/mol. The van der Waals surface area contributed by atoms with Crippen LogP contribution in [0.4, 0.5) is 12.9 Å². The fourth-order valence-corrected chi connectivity index (χ4v) is 2.70. The van der Waals surface area contributed by atoms with Gasteiger partial charge >= 0.3 is 6.98 Å². The minimum absolute atomic E-state index is 0.0520. The summed E-state index contributed by atoms with van der Waals surface area (Å²) in [6.45, 7) is -0.462. The van der Waals surface area contributed by atoms with Gasteiger partial charge in [0.25, 0.3) is 0 Å². The van der Waals surface area contributed by atoms with Gasteiger partial charge in [0.2, 0.25) is 0 Å². The summed E-state index contributed by atoms with van der Waals surface area (Å²) in [5.74, 6) is 0. The standard InChI is InChI=1S/C10H11BF3IN3/c1-5-8(4-17-18-16)6(2)10(15)7(3)9(5)11(12,13)14/h4H2,1-3H3/q-1. The summed E-state index contributed by atoms with van der Waals surface area (Å²) in [5.41, 5.74) is 9.38. The molecule has 0 radical (unpaired) electrons. The topological polar surface area (TPSA) is 48.8 Å². The Morgan fingerprint density at radius 3 is 2.17 bits per heavy atom. The van der Waals surface area contributed by atoms with Gasteiger partial charge in [0.05, 0.1) is 6.54 Å². The third-order valence-electron chi connectivity index (χ3n) is 2.99. The molecule has 0 heterocycles. The molecule has 8 heteroatoms. The second kappa shape index (κ2) is 5.40. The number of hydrogen-bond donors (Lipinski definition) is 0. The molecular formula is C10H11BF3IN3-. The molecule has 1 aromatic carbocycles. The van der Waals surface area contributed by atoms with Crippen LogP contribution < -0.4 is 5.46 Å². The first-order valence-electron chi connectivity index (χ1n) is 5.20. The van der Waals surface area contributed by atoms with Crippen LogP contribution >= 0.6 is 22.6 Å². The van der Waals surface area contributed by atoms with Crippen LogP contribution in [0.1, 0.15) is 22.3 Å². The molecule has 0 bridgehead atoms. The highest BCUT2D eigenvalue weighted by molar-refractivity contribution is 14.1. The van der Waals surface area contributed by atoms with Crippen molar-refractivity contribution in [2.24, 2.45) is 5.11 Å². The van der Waals surface area contributed by atoms with E-state index in [-0.39, 0.29) is 17.7 Å². The maximum atomic E-state index is 13.1. The maximum Gasteiger partial charge on any atom is 0.510 e. The molecule has 0 saturated carbocycles. The number of nitrogens with zero attached hydrogens (tertiary/aromatic N) is 3. The maximum absolute atomic E-state index is 13.1. The SMILES string of the molecule is Cc1c(I)c(C)c([B-](F)(F)F)c(C)c1CN=[N+]=[N-]. The van der Waals surface area contributed by atoms with Crippen molar-refractivity contribution in [1.82, 2.24) is 0 Å². The lowest BCUT2D eigenvalue weighted by Crippen LogP contribution is -2.40. The van der Waals surface area contributed by atoms with Crippen molar-refractivity contribution in [3.8, 4) is 0 Å². The highest BCUT2D eigenvalue weighted by Gasteiger charge is 2.31. The van der Waals surface area contributed by atoms with Crippen molar-refractivity contribution in [1.29, 1.82) is 0 Å². The first-order chi connectivity index (χ1) is 8.21. The van der Waals surface area contributed by atoms with Gasteiger partial charge in [-0.2, -0.15) is 0 Å². The van der Waals surface area contributed by atoms with E-state index >= 15 is 0 Å². The lowest BCUT2D eigenvalue weighted by atomic mass is 9.72. The van der Waals surface area contributed by atoms with Gasteiger partial charge in [0.1, 0.15) is 0 Å². The number of rotatable bonds is 3. The molecule has 3 nitrogen and oxygen atoms in total. The summed E-state index contributed by atoms with van der Waals surface area (Å²) in [7, 11) is 0. The van der Waals surface area contributed by atoms with Gasteiger partial charge in [-0.15, -0.1) is 5.46 Å². The summed E-state index contributed by atoms with van der Waals surface area (Å²) in [5, 5.41) is 3.37. The summed E-state index contributed by atoms with van der Waals surface area (Å²) < 4.78 is 39.8. The van der Waals surface area contributed by atoms with Gasteiger partial charge in [-0.05, 0) is 60.0 Å². The van der Waals surface area contributed by atoms with E-state index in [1.165, 1.54) is 13.8 Å². The minimum atomic E-state index is -5.07. The monoisotopic (exact) mass is 368 g/mol. The molecule has 0 N–H and O–H groups in total. The van der Waals surface area contributed by atoms with Crippen molar-refractivity contribution in [3.05, 3.63) is 36.3 Å². The fraction of sp³-hybridized carbons (Fsp3) is 0.400. The largest absolute Gasteiger partial charge is 0.510 e. The first kappa shape index (κ1) is 15.2. The van der Waals surface area contributed by atoms with E-state index in [9.17, 15) is 12.9 Å². The second-order valence-electron chi connectivity index (χ2n) is 4.04. The van der Waals surface area contributed by atoms with Crippen LogP contribution in [0.3, 0.4) is 0 Å². The molecule has 0 spiro atoms. The Morgan fingerprint density at radius 2 is 1.72 bits per heavy atom. The van der Waals surface area contributed by atoms with Gasteiger partial charge in [-0.25, -0.2) is 0 Å². The average Bonchev–Trinajstić information content (AvgIpc) is 2.24. The molecule has 1 rings (SSSR count). The van der Waals surface area contributed by atoms with Gasteiger partial charge in [-0.1, -0.05) is 16.2 Å². The fourth-order valence-electron chi connectivity index (χ4n) is 2.09. The molecule has 0 saturated heterocycles. The zero-order chi connectivity index (χ0) is 14.1. The molecule has 0 unspecified atom stereocenters. The van der Waals surface area contributed by atoms with Crippen LogP contribution in [0.5, 0.6) is 0 Å². The van der Waals surface area contributed by atoms with Crippen molar-refractivity contribution >= 4 is 35.0 Å². The highest BCUT2D eigenvalue weighted by atomic mass is 127. The summed E-state index contributed by atoms with van der Waals surface area (Å²) >= 11 is 1.90. The molecule has 1 aromatic rings. The summed E-state index contributed by atoms with van der Waals surface area (Å²) in [4.78, 5) is 2.60. The van der Waals surface area contributed by atoms with E-state index in [0.717, 1.165) is 5.56 Å². The molecule has 0 fully saturated rings. The number of azide groups is 1. The Hall–Kier alpha value is -0.885. The molecule has 0 aliphatic rings. The summed E-state index contributed by atoms with van der Waals surface area (Å²) in [6, 6.07) is 0. The quantitative estimate of drug-likeness (QED) is 0.254. The van der Waals surface area contributed by atoms with Gasteiger partial charge < -0.3 is 12.9 Å². The Bertz CT molecular complexity index is 536. The molecule has 0 aliphatic carbocycles. The number of benzene rings is 1. The minimum Gasteiger partial charge on any atom is -0.445 e. The Kier molecular flexibility index (Phi) is 4.55. The number of halogens is 4.